The zero-order valence-corrected chi connectivity index (χ0v) is 11.7. The number of hydrogen-bond acceptors (Lipinski definition) is 3. The van der Waals surface area contributed by atoms with Gasteiger partial charge in [0.2, 0.25) is 0 Å². The van der Waals surface area contributed by atoms with E-state index in [1.54, 1.807) is 10.9 Å². The SMILES string of the molecule is Cc1c2ncn(C)c2nc2[nH]c(=O)n(-c3ccccc3)c12. The molecule has 104 valence electrons. The molecule has 0 saturated carbocycles. The Balaban J connectivity index is 2.20. The Morgan fingerprint density at radius 3 is 2.71 bits per heavy atom. The highest BCUT2D eigenvalue weighted by atomic mass is 16.1. The summed E-state index contributed by atoms with van der Waals surface area (Å²) < 4.78 is 3.49. The van der Waals surface area contributed by atoms with Crippen molar-refractivity contribution in [3.63, 3.8) is 0 Å². The first kappa shape index (κ1) is 11.9. The van der Waals surface area contributed by atoms with E-state index in [0.29, 0.717) is 5.65 Å². The lowest BCUT2D eigenvalue weighted by Gasteiger charge is -2.05. The average molecular weight is 279 g/mol. The first-order chi connectivity index (χ1) is 10.2. The summed E-state index contributed by atoms with van der Waals surface area (Å²) in [7, 11) is 1.89. The van der Waals surface area contributed by atoms with E-state index in [4.69, 9.17) is 0 Å². The van der Waals surface area contributed by atoms with Gasteiger partial charge in [-0.1, -0.05) is 18.2 Å². The van der Waals surface area contributed by atoms with Crippen LogP contribution in [-0.2, 0) is 7.05 Å². The van der Waals surface area contributed by atoms with Crippen LogP contribution in [0.3, 0.4) is 0 Å². The topological polar surface area (TPSA) is 68.5 Å². The number of aromatic nitrogens is 5. The van der Waals surface area contributed by atoms with E-state index in [9.17, 15) is 4.79 Å². The summed E-state index contributed by atoms with van der Waals surface area (Å²) in [6.07, 6.45) is 1.73. The predicted molar refractivity (Wildman–Crippen MR) is 80.7 cm³/mol. The second-order valence-electron chi connectivity index (χ2n) is 5.06. The van der Waals surface area contributed by atoms with E-state index in [0.717, 1.165) is 27.9 Å². The second kappa shape index (κ2) is 4.05. The summed E-state index contributed by atoms with van der Waals surface area (Å²) in [5.74, 6) is 0. The summed E-state index contributed by atoms with van der Waals surface area (Å²) in [6.45, 7) is 1.96. The van der Waals surface area contributed by atoms with Crippen molar-refractivity contribution >= 4 is 22.3 Å². The van der Waals surface area contributed by atoms with Gasteiger partial charge in [-0.2, -0.15) is 0 Å². The van der Waals surface area contributed by atoms with Gasteiger partial charge >= 0.3 is 5.69 Å². The van der Waals surface area contributed by atoms with Crippen molar-refractivity contribution in [3.05, 3.63) is 52.7 Å². The molecule has 0 bridgehead atoms. The van der Waals surface area contributed by atoms with Crippen LogP contribution in [0.5, 0.6) is 0 Å². The fourth-order valence-corrected chi connectivity index (χ4v) is 2.71. The minimum absolute atomic E-state index is 0.192. The van der Waals surface area contributed by atoms with Gasteiger partial charge < -0.3 is 4.57 Å². The summed E-state index contributed by atoms with van der Waals surface area (Å²) in [5.41, 5.74) is 4.50. The van der Waals surface area contributed by atoms with E-state index in [1.807, 2.05) is 48.9 Å². The number of aromatic amines is 1. The summed E-state index contributed by atoms with van der Waals surface area (Å²) in [5, 5.41) is 0. The third-order valence-corrected chi connectivity index (χ3v) is 3.72. The molecule has 3 heterocycles. The van der Waals surface area contributed by atoms with Crippen LogP contribution in [0.4, 0.5) is 0 Å². The van der Waals surface area contributed by atoms with Gasteiger partial charge in [0.15, 0.2) is 11.3 Å². The van der Waals surface area contributed by atoms with Gasteiger partial charge in [-0.15, -0.1) is 0 Å². The minimum atomic E-state index is -0.192. The monoisotopic (exact) mass is 279 g/mol. The van der Waals surface area contributed by atoms with E-state index in [-0.39, 0.29) is 5.69 Å². The van der Waals surface area contributed by atoms with Crippen LogP contribution in [-0.4, -0.2) is 24.1 Å². The highest BCUT2D eigenvalue weighted by molar-refractivity contribution is 5.91. The molecule has 6 nitrogen and oxygen atoms in total. The molecule has 4 rings (SSSR count). The largest absolute Gasteiger partial charge is 0.332 e. The molecule has 0 aliphatic heterocycles. The standard InChI is InChI=1S/C15H13N5O/c1-9-11-14(19(2)8-16-11)17-13-12(9)20(15(21)18-13)10-6-4-3-5-7-10/h3-8H,1-2H3,(H,17,18,21). The van der Waals surface area contributed by atoms with Crippen molar-refractivity contribution in [1.82, 2.24) is 24.1 Å². The fourth-order valence-electron chi connectivity index (χ4n) is 2.71. The molecule has 3 aromatic heterocycles. The van der Waals surface area contributed by atoms with E-state index < -0.39 is 0 Å². The van der Waals surface area contributed by atoms with E-state index in [2.05, 4.69) is 15.0 Å². The van der Waals surface area contributed by atoms with Crippen molar-refractivity contribution in [2.24, 2.45) is 7.05 Å². The number of nitrogens with zero attached hydrogens (tertiary/aromatic N) is 4. The lowest BCUT2D eigenvalue weighted by atomic mass is 10.2. The Bertz CT molecular complexity index is 1020. The van der Waals surface area contributed by atoms with Gasteiger partial charge in [-0.3, -0.25) is 9.55 Å². The number of pyridine rings is 1. The number of rotatable bonds is 1. The predicted octanol–water partition coefficient (Wildman–Crippen LogP) is 1.91. The van der Waals surface area contributed by atoms with Gasteiger partial charge in [0.05, 0.1) is 17.5 Å². The van der Waals surface area contributed by atoms with Crippen LogP contribution in [0.1, 0.15) is 5.56 Å². The molecule has 0 unspecified atom stereocenters. The lowest BCUT2D eigenvalue weighted by Crippen LogP contribution is -2.14. The van der Waals surface area contributed by atoms with Gasteiger partial charge in [-0.25, -0.2) is 14.8 Å². The maximum atomic E-state index is 12.3. The Hall–Kier alpha value is -2.89. The molecule has 21 heavy (non-hydrogen) atoms. The van der Waals surface area contributed by atoms with Crippen LogP contribution in [0, 0.1) is 6.92 Å². The molecular weight excluding hydrogens is 266 g/mol. The fraction of sp³-hybridized carbons (Fsp3) is 0.133. The number of imidazole rings is 2. The smallest absolute Gasteiger partial charge is 0.318 e. The lowest BCUT2D eigenvalue weighted by molar-refractivity contribution is 0.932. The number of benzene rings is 1. The number of nitrogens with one attached hydrogen (secondary N) is 1. The van der Waals surface area contributed by atoms with Crippen LogP contribution < -0.4 is 5.69 Å². The highest BCUT2D eigenvalue weighted by Crippen LogP contribution is 2.24. The third-order valence-electron chi connectivity index (χ3n) is 3.72. The van der Waals surface area contributed by atoms with Crippen molar-refractivity contribution in [2.45, 2.75) is 6.92 Å². The Morgan fingerprint density at radius 1 is 1.19 bits per heavy atom. The maximum Gasteiger partial charge on any atom is 0.332 e. The Morgan fingerprint density at radius 2 is 1.95 bits per heavy atom. The van der Waals surface area contributed by atoms with Crippen LogP contribution in [0.25, 0.3) is 28.0 Å². The summed E-state index contributed by atoms with van der Waals surface area (Å²) >= 11 is 0. The maximum absolute atomic E-state index is 12.3. The van der Waals surface area contributed by atoms with Crippen molar-refractivity contribution in [3.8, 4) is 5.69 Å². The average Bonchev–Trinajstić information content (AvgIpc) is 3.01. The second-order valence-corrected chi connectivity index (χ2v) is 5.06. The molecular formula is C15H13N5O. The van der Waals surface area contributed by atoms with Crippen LogP contribution in [0.2, 0.25) is 0 Å². The van der Waals surface area contributed by atoms with Gasteiger partial charge in [0, 0.05) is 12.6 Å². The molecule has 6 heteroatoms. The molecule has 1 N–H and O–H groups in total. The minimum Gasteiger partial charge on any atom is -0.318 e. The third kappa shape index (κ3) is 1.56. The number of fused-ring (bicyclic) bond motifs is 2. The molecule has 0 aliphatic carbocycles. The van der Waals surface area contributed by atoms with Crippen LogP contribution >= 0.6 is 0 Å². The zero-order valence-electron chi connectivity index (χ0n) is 11.7. The van der Waals surface area contributed by atoms with Gasteiger partial charge in [0.1, 0.15) is 5.52 Å². The number of hydrogen-bond donors (Lipinski definition) is 1. The summed E-state index contributed by atoms with van der Waals surface area (Å²) in [4.78, 5) is 24.1. The van der Waals surface area contributed by atoms with Gasteiger partial charge in [-0.05, 0) is 19.1 Å². The highest BCUT2D eigenvalue weighted by Gasteiger charge is 2.16. The molecule has 4 aromatic rings. The molecule has 0 aliphatic rings. The molecule has 0 atom stereocenters. The number of H-pyrrole nitrogens is 1. The van der Waals surface area contributed by atoms with Crippen LogP contribution in [0.15, 0.2) is 41.5 Å². The molecule has 0 amide bonds. The van der Waals surface area contributed by atoms with Crippen molar-refractivity contribution < 1.29 is 0 Å². The first-order valence-corrected chi connectivity index (χ1v) is 6.64. The van der Waals surface area contributed by atoms with Crippen molar-refractivity contribution in [1.29, 1.82) is 0 Å². The Kier molecular flexibility index (Phi) is 2.29. The van der Waals surface area contributed by atoms with E-state index >= 15 is 0 Å². The Labute approximate surface area is 119 Å². The zero-order chi connectivity index (χ0) is 14.6. The molecule has 0 spiro atoms. The quantitative estimate of drug-likeness (QED) is 0.578. The molecule has 0 saturated heterocycles. The van der Waals surface area contributed by atoms with Gasteiger partial charge in [0.25, 0.3) is 0 Å². The first-order valence-electron chi connectivity index (χ1n) is 6.64. The normalized spacial score (nSPS) is 11.5. The summed E-state index contributed by atoms with van der Waals surface area (Å²) in [6, 6.07) is 9.53. The molecule has 0 radical (unpaired) electrons. The number of para-hydroxylation sites is 1. The molecule has 0 fully saturated rings. The number of aryl methyl sites for hydroxylation is 2. The molecule has 1 aromatic carbocycles. The van der Waals surface area contributed by atoms with Crippen molar-refractivity contribution in [2.75, 3.05) is 0 Å². The van der Waals surface area contributed by atoms with E-state index in [1.165, 1.54) is 0 Å².